The molecule has 2 aromatic carbocycles. The van der Waals surface area contributed by atoms with Crippen molar-refractivity contribution in [1.29, 1.82) is 0 Å². The number of ketones is 1. The first-order valence-electron chi connectivity index (χ1n) is 8.84. The van der Waals surface area contributed by atoms with Gasteiger partial charge in [0.2, 0.25) is 5.75 Å². The lowest BCUT2D eigenvalue weighted by Gasteiger charge is -2.14. The molecule has 0 unspecified atom stereocenters. The van der Waals surface area contributed by atoms with Gasteiger partial charge >= 0.3 is 0 Å². The highest BCUT2D eigenvalue weighted by Crippen LogP contribution is 2.38. The van der Waals surface area contributed by atoms with Crippen LogP contribution in [0.2, 0.25) is 0 Å². The molecule has 0 aromatic heterocycles. The van der Waals surface area contributed by atoms with Gasteiger partial charge < -0.3 is 24.3 Å². The molecule has 7 nitrogen and oxygen atoms in total. The highest BCUT2D eigenvalue weighted by atomic mass is 16.5. The normalized spacial score (nSPS) is 10.1. The molecule has 2 rings (SSSR count). The summed E-state index contributed by atoms with van der Waals surface area (Å²) in [5.74, 6) is 1.84. The summed E-state index contributed by atoms with van der Waals surface area (Å²) in [6.45, 7) is 1.96. The van der Waals surface area contributed by atoms with Crippen molar-refractivity contribution >= 4 is 11.7 Å². The Morgan fingerprint density at radius 1 is 0.929 bits per heavy atom. The molecule has 1 N–H and O–H groups in total. The van der Waals surface area contributed by atoms with Gasteiger partial charge in [-0.05, 0) is 42.0 Å². The van der Waals surface area contributed by atoms with Crippen LogP contribution < -0.4 is 24.3 Å². The summed E-state index contributed by atoms with van der Waals surface area (Å²) in [5.41, 5.74) is 1.42. The van der Waals surface area contributed by atoms with E-state index < -0.39 is 0 Å². The van der Waals surface area contributed by atoms with Gasteiger partial charge in [-0.3, -0.25) is 9.59 Å². The number of hydrogen-bond donors (Lipinski definition) is 1. The monoisotopic (exact) mass is 387 g/mol. The first-order chi connectivity index (χ1) is 13.5. The average molecular weight is 387 g/mol. The largest absolute Gasteiger partial charge is 0.493 e. The molecule has 7 heteroatoms. The minimum absolute atomic E-state index is 0.0645. The second kappa shape index (κ2) is 10.2. The van der Waals surface area contributed by atoms with Crippen LogP contribution in [0.15, 0.2) is 36.4 Å². The maximum Gasteiger partial charge on any atom is 0.258 e. The van der Waals surface area contributed by atoms with Gasteiger partial charge in [0.1, 0.15) is 5.75 Å². The zero-order valence-corrected chi connectivity index (χ0v) is 16.5. The molecule has 0 saturated heterocycles. The average Bonchev–Trinajstić information content (AvgIpc) is 2.74. The van der Waals surface area contributed by atoms with E-state index >= 15 is 0 Å². The summed E-state index contributed by atoms with van der Waals surface area (Å²) >= 11 is 0. The Labute approximate surface area is 164 Å². The topological polar surface area (TPSA) is 83.1 Å². The lowest BCUT2D eigenvalue weighted by Crippen LogP contribution is -2.28. The zero-order valence-electron chi connectivity index (χ0n) is 16.5. The highest BCUT2D eigenvalue weighted by Gasteiger charge is 2.13. The Kier molecular flexibility index (Phi) is 7.68. The second-order valence-corrected chi connectivity index (χ2v) is 5.90. The van der Waals surface area contributed by atoms with Crippen LogP contribution in [-0.4, -0.2) is 39.6 Å². The van der Waals surface area contributed by atoms with Gasteiger partial charge in [-0.1, -0.05) is 6.92 Å². The third-order valence-corrected chi connectivity index (χ3v) is 4.08. The van der Waals surface area contributed by atoms with E-state index in [0.29, 0.717) is 35.0 Å². The number of nitrogens with one attached hydrogen (secondary N) is 1. The summed E-state index contributed by atoms with van der Waals surface area (Å²) in [5, 5.41) is 2.78. The number of rotatable bonds is 10. The van der Waals surface area contributed by atoms with Crippen molar-refractivity contribution in [2.45, 2.75) is 19.9 Å². The standard InChI is InChI=1S/C21H25NO6/c1-5-17(23)15-6-8-16(9-7-15)28-13-20(24)22-12-14-10-18(25-2)21(27-4)19(11-14)26-3/h6-11H,5,12-13H2,1-4H3,(H,22,24). The van der Waals surface area contributed by atoms with Gasteiger partial charge in [0.25, 0.3) is 5.91 Å². The van der Waals surface area contributed by atoms with Crippen LogP contribution >= 0.6 is 0 Å². The molecule has 0 radical (unpaired) electrons. The van der Waals surface area contributed by atoms with E-state index in [-0.39, 0.29) is 24.8 Å². The minimum Gasteiger partial charge on any atom is -0.493 e. The second-order valence-electron chi connectivity index (χ2n) is 5.90. The van der Waals surface area contributed by atoms with Crippen LogP contribution in [-0.2, 0) is 11.3 Å². The fourth-order valence-electron chi connectivity index (χ4n) is 2.58. The fourth-order valence-corrected chi connectivity index (χ4v) is 2.58. The predicted octanol–water partition coefficient (Wildman–Crippen LogP) is 3.00. The Bertz CT molecular complexity index is 791. The summed E-state index contributed by atoms with van der Waals surface area (Å²) in [7, 11) is 4.60. The molecule has 0 aliphatic rings. The van der Waals surface area contributed by atoms with Crippen LogP contribution in [0.4, 0.5) is 0 Å². The Morgan fingerprint density at radius 2 is 1.54 bits per heavy atom. The fraction of sp³-hybridized carbons (Fsp3) is 0.333. The quantitative estimate of drug-likeness (QED) is 0.631. The number of carbonyl (C=O) groups excluding carboxylic acids is 2. The minimum atomic E-state index is -0.275. The summed E-state index contributed by atoms with van der Waals surface area (Å²) in [6, 6.07) is 10.3. The number of hydrogen-bond acceptors (Lipinski definition) is 6. The Morgan fingerprint density at radius 3 is 2.04 bits per heavy atom. The van der Waals surface area contributed by atoms with Gasteiger partial charge in [0.15, 0.2) is 23.9 Å². The van der Waals surface area contributed by atoms with Gasteiger partial charge in [-0.15, -0.1) is 0 Å². The van der Waals surface area contributed by atoms with Gasteiger partial charge in [0, 0.05) is 18.5 Å². The number of benzene rings is 2. The molecule has 0 saturated carbocycles. The van der Waals surface area contributed by atoms with E-state index in [1.54, 1.807) is 36.4 Å². The molecule has 150 valence electrons. The summed E-state index contributed by atoms with van der Waals surface area (Å²) < 4.78 is 21.3. The van der Waals surface area contributed by atoms with Crippen molar-refractivity contribution < 1.29 is 28.5 Å². The van der Waals surface area contributed by atoms with Crippen LogP contribution in [0.3, 0.4) is 0 Å². The smallest absolute Gasteiger partial charge is 0.258 e. The highest BCUT2D eigenvalue weighted by molar-refractivity contribution is 5.95. The number of Topliss-reactive ketones (excluding diaryl/α,β-unsaturated/α-hetero) is 1. The van der Waals surface area contributed by atoms with Crippen LogP contribution in [0.5, 0.6) is 23.0 Å². The van der Waals surface area contributed by atoms with Gasteiger partial charge in [0.05, 0.1) is 21.3 Å². The molecule has 2 aromatic rings. The van der Waals surface area contributed by atoms with E-state index in [1.807, 2.05) is 6.92 Å². The van der Waals surface area contributed by atoms with E-state index in [2.05, 4.69) is 5.32 Å². The van der Waals surface area contributed by atoms with Crippen molar-refractivity contribution in [2.24, 2.45) is 0 Å². The molecule has 28 heavy (non-hydrogen) atoms. The molecule has 0 heterocycles. The summed E-state index contributed by atoms with van der Waals surface area (Å²) in [4.78, 5) is 23.7. The van der Waals surface area contributed by atoms with E-state index in [4.69, 9.17) is 18.9 Å². The third kappa shape index (κ3) is 5.39. The first-order valence-corrected chi connectivity index (χ1v) is 8.84. The third-order valence-electron chi connectivity index (χ3n) is 4.08. The van der Waals surface area contributed by atoms with Crippen molar-refractivity contribution in [1.82, 2.24) is 5.32 Å². The Hall–Kier alpha value is -3.22. The molecule has 0 aliphatic carbocycles. The number of amides is 1. The molecular weight excluding hydrogens is 362 g/mol. The molecule has 0 atom stereocenters. The van der Waals surface area contributed by atoms with Gasteiger partial charge in [-0.2, -0.15) is 0 Å². The number of methoxy groups -OCH3 is 3. The molecule has 0 bridgehead atoms. The predicted molar refractivity (Wildman–Crippen MR) is 105 cm³/mol. The van der Waals surface area contributed by atoms with Crippen molar-refractivity contribution in [2.75, 3.05) is 27.9 Å². The SMILES string of the molecule is CCC(=O)c1ccc(OCC(=O)NCc2cc(OC)c(OC)c(OC)c2)cc1. The van der Waals surface area contributed by atoms with E-state index in [1.165, 1.54) is 21.3 Å². The molecule has 0 spiro atoms. The summed E-state index contributed by atoms with van der Waals surface area (Å²) in [6.07, 6.45) is 0.448. The first kappa shape index (κ1) is 21.1. The van der Waals surface area contributed by atoms with Crippen molar-refractivity contribution in [3.05, 3.63) is 47.5 Å². The van der Waals surface area contributed by atoms with E-state index in [0.717, 1.165) is 5.56 Å². The molecule has 1 amide bonds. The van der Waals surface area contributed by atoms with Gasteiger partial charge in [-0.25, -0.2) is 0 Å². The zero-order chi connectivity index (χ0) is 20.5. The van der Waals surface area contributed by atoms with Crippen LogP contribution in [0, 0.1) is 0 Å². The molecular formula is C21H25NO6. The lowest BCUT2D eigenvalue weighted by atomic mass is 10.1. The maximum atomic E-state index is 12.1. The van der Waals surface area contributed by atoms with Crippen LogP contribution in [0.1, 0.15) is 29.3 Å². The maximum absolute atomic E-state index is 12.1. The number of carbonyl (C=O) groups is 2. The molecule has 0 fully saturated rings. The Balaban J connectivity index is 1.91. The van der Waals surface area contributed by atoms with Crippen molar-refractivity contribution in [3.63, 3.8) is 0 Å². The number of ether oxygens (including phenoxy) is 4. The van der Waals surface area contributed by atoms with Crippen LogP contribution in [0.25, 0.3) is 0 Å². The van der Waals surface area contributed by atoms with Crippen molar-refractivity contribution in [3.8, 4) is 23.0 Å². The molecule has 0 aliphatic heterocycles. The lowest BCUT2D eigenvalue weighted by molar-refractivity contribution is -0.123. The van der Waals surface area contributed by atoms with E-state index in [9.17, 15) is 9.59 Å².